The maximum Gasteiger partial charge on any atom is 0.166 e. The standard InChI is InChI=1S/C34H33FN4O3S/c1-2-13-36-15-16-39-22-25(21-38-39)30-20-27-33(43-30)29(10-14-37-27)42-28-9-8-24(17-26(28)35)19-32(41)34(11-12-34)31(40)18-23-6-4-3-5-7-23/h3-10,14,17,20-22,36H,2,11-13,15-16,18-19H2,1H3. The first-order valence-electron chi connectivity index (χ1n) is 14.6. The van der Waals surface area contributed by atoms with Crippen molar-refractivity contribution in [3.8, 4) is 21.9 Å². The third-order valence-corrected chi connectivity index (χ3v) is 9.03. The van der Waals surface area contributed by atoms with E-state index in [1.807, 2.05) is 53.5 Å². The monoisotopic (exact) mass is 596 g/mol. The predicted octanol–water partition coefficient (Wildman–Crippen LogP) is 6.79. The minimum atomic E-state index is -0.941. The maximum atomic E-state index is 15.2. The number of halogens is 1. The number of hydrogen-bond acceptors (Lipinski definition) is 7. The highest BCUT2D eigenvalue weighted by Crippen LogP contribution is 2.49. The second-order valence-electron chi connectivity index (χ2n) is 11.0. The molecule has 3 heterocycles. The zero-order valence-electron chi connectivity index (χ0n) is 24.0. The molecule has 5 aromatic rings. The molecule has 0 saturated heterocycles. The van der Waals surface area contributed by atoms with Crippen LogP contribution in [-0.4, -0.2) is 39.4 Å². The van der Waals surface area contributed by atoms with Gasteiger partial charge in [0.05, 0.1) is 28.4 Å². The van der Waals surface area contributed by atoms with Gasteiger partial charge < -0.3 is 10.1 Å². The summed E-state index contributed by atoms with van der Waals surface area (Å²) in [7, 11) is 0. The molecule has 0 bridgehead atoms. The largest absolute Gasteiger partial charge is 0.453 e. The van der Waals surface area contributed by atoms with Crippen LogP contribution in [0, 0.1) is 11.2 Å². The van der Waals surface area contributed by atoms with E-state index in [0.29, 0.717) is 24.2 Å². The fourth-order valence-corrected chi connectivity index (χ4v) is 6.28. The van der Waals surface area contributed by atoms with E-state index in [9.17, 15) is 9.59 Å². The van der Waals surface area contributed by atoms with Crippen molar-refractivity contribution >= 4 is 33.1 Å². The Hall–Kier alpha value is -4.21. The van der Waals surface area contributed by atoms with E-state index in [4.69, 9.17) is 4.74 Å². The van der Waals surface area contributed by atoms with Gasteiger partial charge in [-0.1, -0.05) is 43.3 Å². The van der Waals surface area contributed by atoms with Crippen LogP contribution in [0.3, 0.4) is 0 Å². The third-order valence-electron chi connectivity index (χ3n) is 7.84. The van der Waals surface area contributed by atoms with Crippen molar-refractivity contribution in [1.82, 2.24) is 20.1 Å². The first-order chi connectivity index (χ1) is 20.9. The van der Waals surface area contributed by atoms with Gasteiger partial charge >= 0.3 is 0 Å². The molecule has 6 rings (SSSR count). The molecular formula is C34H33FN4O3S. The molecule has 43 heavy (non-hydrogen) atoms. The number of aromatic nitrogens is 3. The van der Waals surface area contributed by atoms with Crippen molar-refractivity contribution in [2.75, 3.05) is 13.1 Å². The summed E-state index contributed by atoms with van der Waals surface area (Å²) >= 11 is 1.52. The van der Waals surface area contributed by atoms with Crippen molar-refractivity contribution < 1.29 is 18.7 Å². The molecule has 1 aliphatic rings. The van der Waals surface area contributed by atoms with E-state index >= 15 is 4.39 Å². The van der Waals surface area contributed by atoms with Gasteiger partial charge in [-0.15, -0.1) is 11.3 Å². The fraction of sp³-hybridized carbons (Fsp3) is 0.294. The second kappa shape index (κ2) is 12.6. The molecule has 1 saturated carbocycles. The number of rotatable bonds is 14. The van der Waals surface area contributed by atoms with Gasteiger partial charge in [0.2, 0.25) is 0 Å². The molecule has 7 nitrogen and oxygen atoms in total. The Morgan fingerprint density at radius 3 is 2.53 bits per heavy atom. The minimum Gasteiger partial charge on any atom is -0.453 e. The fourth-order valence-electron chi connectivity index (χ4n) is 5.24. The van der Waals surface area contributed by atoms with Crippen LogP contribution in [-0.2, 0) is 29.0 Å². The zero-order chi connectivity index (χ0) is 29.8. The van der Waals surface area contributed by atoms with Crippen LogP contribution in [0.2, 0.25) is 0 Å². The minimum absolute atomic E-state index is 0.00780. The molecule has 0 spiro atoms. The summed E-state index contributed by atoms with van der Waals surface area (Å²) in [5.41, 5.74) is 2.22. The SMILES string of the molecule is CCCNCCn1cc(-c2cc3nccc(Oc4ccc(CC(=O)C5(C(=O)Cc6ccccc6)CC5)cc4F)c3s2)cn1. The molecule has 2 aromatic carbocycles. The van der Waals surface area contributed by atoms with Crippen LogP contribution in [0.4, 0.5) is 4.39 Å². The maximum absolute atomic E-state index is 15.2. The Bertz CT molecular complexity index is 1760. The molecule has 9 heteroatoms. The predicted molar refractivity (Wildman–Crippen MR) is 166 cm³/mol. The van der Waals surface area contributed by atoms with Crippen molar-refractivity contribution in [2.45, 2.75) is 45.6 Å². The van der Waals surface area contributed by atoms with Crippen LogP contribution in [0.25, 0.3) is 20.7 Å². The molecular weight excluding hydrogens is 563 g/mol. The van der Waals surface area contributed by atoms with E-state index < -0.39 is 11.2 Å². The van der Waals surface area contributed by atoms with Crippen LogP contribution in [0.5, 0.6) is 11.5 Å². The lowest BCUT2D eigenvalue weighted by Gasteiger charge is -2.14. The summed E-state index contributed by atoms with van der Waals surface area (Å²) in [4.78, 5) is 31.6. The molecule has 0 radical (unpaired) electrons. The summed E-state index contributed by atoms with van der Waals surface area (Å²) in [6.45, 7) is 4.76. The third kappa shape index (κ3) is 6.43. The zero-order valence-corrected chi connectivity index (χ0v) is 24.8. The number of thiophene rings is 1. The first-order valence-corrected chi connectivity index (χ1v) is 15.5. The average Bonchev–Trinajstić information content (AvgIpc) is 3.49. The number of pyridine rings is 1. The van der Waals surface area contributed by atoms with Gasteiger partial charge in [0.1, 0.15) is 5.75 Å². The van der Waals surface area contributed by atoms with Crippen LogP contribution in [0.15, 0.2) is 79.3 Å². The van der Waals surface area contributed by atoms with Crippen molar-refractivity contribution in [2.24, 2.45) is 5.41 Å². The summed E-state index contributed by atoms with van der Waals surface area (Å²) < 4.78 is 24.0. The van der Waals surface area contributed by atoms with Crippen molar-refractivity contribution in [1.29, 1.82) is 0 Å². The Balaban J connectivity index is 1.13. The number of fused-ring (bicyclic) bond motifs is 1. The molecule has 0 unspecified atom stereocenters. The molecule has 1 N–H and O–H groups in total. The van der Waals surface area contributed by atoms with Crippen molar-refractivity contribution in [3.63, 3.8) is 0 Å². The van der Waals surface area contributed by atoms with Gasteiger partial charge in [-0.3, -0.25) is 19.3 Å². The normalized spacial score (nSPS) is 13.7. The first kappa shape index (κ1) is 28.9. The highest BCUT2D eigenvalue weighted by molar-refractivity contribution is 7.22. The number of carbonyl (C=O) groups excluding carboxylic acids is 2. The molecule has 1 fully saturated rings. The van der Waals surface area contributed by atoms with Gasteiger partial charge in [-0.25, -0.2) is 4.39 Å². The number of nitrogens with one attached hydrogen (secondary N) is 1. The van der Waals surface area contributed by atoms with E-state index in [2.05, 4.69) is 22.3 Å². The summed E-state index contributed by atoms with van der Waals surface area (Å²) in [6, 6.07) is 17.7. The van der Waals surface area contributed by atoms with Gasteiger partial charge in [-0.2, -0.15) is 5.10 Å². The van der Waals surface area contributed by atoms with E-state index in [1.165, 1.54) is 17.4 Å². The van der Waals surface area contributed by atoms with E-state index in [-0.39, 0.29) is 30.2 Å². The van der Waals surface area contributed by atoms with Gasteiger partial charge in [0, 0.05) is 48.3 Å². The Morgan fingerprint density at radius 1 is 1.00 bits per heavy atom. The Morgan fingerprint density at radius 2 is 1.79 bits per heavy atom. The number of nitrogens with zero attached hydrogens (tertiary/aromatic N) is 3. The topological polar surface area (TPSA) is 86.1 Å². The molecule has 0 aliphatic heterocycles. The van der Waals surface area contributed by atoms with Gasteiger partial charge in [-0.05, 0) is 55.1 Å². The van der Waals surface area contributed by atoms with Crippen LogP contribution >= 0.6 is 11.3 Å². The van der Waals surface area contributed by atoms with Gasteiger partial charge in [0.15, 0.2) is 23.1 Å². The van der Waals surface area contributed by atoms with Crippen LogP contribution < -0.4 is 10.1 Å². The summed E-state index contributed by atoms with van der Waals surface area (Å²) in [5, 5.41) is 7.86. The number of carbonyl (C=O) groups is 2. The van der Waals surface area contributed by atoms with E-state index in [1.54, 1.807) is 24.4 Å². The molecule has 0 atom stereocenters. The molecule has 3 aromatic heterocycles. The van der Waals surface area contributed by atoms with Gasteiger partial charge in [0.25, 0.3) is 0 Å². The molecule has 0 amide bonds. The highest BCUT2D eigenvalue weighted by atomic mass is 32.1. The summed E-state index contributed by atoms with van der Waals surface area (Å²) in [6.07, 6.45) is 7.94. The van der Waals surface area contributed by atoms with E-state index in [0.717, 1.165) is 52.3 Å². The Labute approximate surface area is 253 Å². The lowest BCUT2D eigenvalue weighted by Crippen LogP contribution is -2.28. The summed E-state index contributed by atoms with van der Waals surface area (Å²) in [5.74, 6) is -0.206. The number of hydrogen-bond donors (Lipinski definition) is 1. The molecule has 220 valence electrons. The number of ether oxygens (including phenoxy) is 1. The highest BCUT2D eigenvalue weighted by Gasteiger charge is 2.54. The number of Topliss-reactive ketones (excluding diaryl/α,β-unsaturated/α-hetero) is 2. The lowest BCUT2D eigenvalue weighted by molar-refractivity contribution is -0.133. The average molecular weight is 597 g/mol. The van der Waals surface area contributed by atoms with Crippen LogP contribution in [0.1, 0.15) is 37.3 Å². The smallest absolute Gasteiger partial charge is 0.166 e. The lowest BCUT2D eigenvalue weighted by atomic mass is 9.88. The molecule has 1 aliphatic carbocycles. The number of benzene rings is 2. The number of ketones is 2. The second-order valence-corrected chi connectivity index (χ2v) is 12.1. The quantitative estimate of drug-likeness (QED) is 0.112. The Kier molecular flexibility index (Phi) is 8.44. The van der Waals surface area contributed by atoms with Crippen molar-refractivity contribution in [3.05, 3.63) is 96.2 Å².